The van der Waals surface area contributed by atoms with Gasteiger partial charge in [-0.1, -0.05) is 22.0 Å². The van der Waals surface area contributed by atoms with E-state index in [-0.39, 0.29) is 0 Å². The Bertz CT molecular complexity index is 472. The van der Waals surface area contributed by atoms with Crippen LogP contribution in [0.15, 0.2) is 22.7 Å². The number of anilines is 1. The molecule has 116 valence electrons. The number of halogens is 1. The maximum Gasteiger partial charge on any atom is 0.0587 e. The van der Waals surface area contributed by atoms with Crippen LogP contribution >= 0.6 is 15.9 Å². The van der Waals surface area contributed by atoms with E-state index in [9.17, 15) is 0 Å². The SMILES string of the molecule is COCCNCc1ccc(Br)cc1N(CC1CC1)C1CC1. The Morgan fingerprint density at radius 3 is 2.76 bits per heavy atom. The molecule has 0 heterocycles. The maximum absolute atomic E-state index is 5.11. The molecule has 0 bridgehead atoms. The fraction of sp³-hybridized carbons (Fsp3) is 0.647. The van der Waals surface area contributed by atoms with Crippen molar-refractivity contribution in [3.63, 3.8) is 0 Å². The minimum absolute atomic E-state index is 0.764. The van der Waals surface area contributed by atoms with Crippen molar-refractivity contribution in [3.05, 3.63) is 28.2 Å². The molecule has 0 unspecified atom stereocenters. The number of ether oxygens (including phenoxy) is 1. The van der Waals surface area contributed by atoms with Gasteiger partial charge in [-0.25, -0.2) is 0 Å². The summed E-state index contributed by atoms with van der Waals surface area (Å²) >= 11 is 3.64. The van der Waals surface area contributed by atoms with Crippen molar-refractivity contribution in [1.82, 2.24) is 5.32 Å². The summed E-state index contributed by atoms with van der Waals surface area (Å²) in [4.78, 5) is 2.66. The molecule has 21 heavy (non-hydrogen) atoms. The standard InChI is InChI=1S/C17H25BrN2O/c1-21-9-8-19-11-14-4-5-15(18)10-17(14)20(16-6-7-16)12-13-2-3-13/h4-5,10,13,16,19H,2-3,6-9,11-12H2,1H3. The van der Waals surface area contributed by atoms with Crippen LogP contribution < -0.4 is 10.2 Å². The van der Waals surface area contributed by atoms with Crippen LogP contribution in [-0.2, 0) is 11.3 Å². The Morgan fingerprint density at radius 1 is 1.29 bits per heavy atom. The highest BCUT2D eigenvalue weighted by molar-refractivity contribution is 9.10. The van der Waals surface area contributed by atoms with Gasteiger partial charge in [0.2, 0.25) is 0 Å². The lowest BCUT2D eigenvalue weighted by Gasteiger charge is -2.27. The Kier molecular flexibility index (Phi) is 5.19. The molecule has 1 N–H and O–H groups in total. The van der Waals surface area contributed by atoms with E-state index in [0.29, 0.717) is 0 Å². The number of hydrogen-bond acceptors (Lipinski definition) is 3. The van der Waals surface area contributed by atoms with Gasteiger partial charge in [0.1, 0.15) is 0 Å². The summed E-state index contributed by atoms with van der Waals surface area (Å²) in [6.45, 7) is 3.82. The number of nitrogens with zero attached hydrogens (tertiary/aromatic N) is 1. The Hall–Kier alpha value is -0.580. The molecule has 1 aromatic rings. The van der Waals surface area contributed by atoms with Crippen LogP contribution in [0, 0.1) is 5.92 Å². The second kappa shape index (κ2) is 7.12. The van der Waals surface area contributed by atoms with E-state index in [4.69, 9.17) is 4.74 Å². The normalized spacial score (nSPS) is 18.0. The fourth-order valence-electron chi connectivity index (χ4n) is 2.76. The summed E-state index contributed by atoms with van der Waals surface area (Å²) in [5.41, 5.74) is 2.82. The van der Waals surface area contributed by atoms with Crippen molar-refractivity contribution in [2.45, 2.75) is 38.3 Å². The van der Waals surface area contributed by atoms with Gasteiger partial charge in [-0.05, 0) is 49.3 Å². The van der Waals surface area contributed by atoms with E-state index >= 15 is 0 Å². The highest BCUT2D eigenvalue weighted by Gasteiger charge is 2.34. The zero-order valence-electron chi connectivity index (χ0n) is 12.8. The van der Waals surface area contributed by atoms with Gasteiger partial charge < -0.3 is 15.0 Å². The molecule has 2 saturated carbocycles. The first-order valence-electron chi connectivity index (χ1n) is 8.02. The van der Waals surface area contributed by atoms with Crippen molar-refractivity contribution in [2.24, 2.45) is 5.92 Å². The monoisotopic (exact) mass is 352 g/mol. The quantitative estimate of drug-likeness (QED) is 0.687. The Labute approximate surface area is 136 Å². The van der Waals surface area contributed by atoms with E-state index in [1.165, 1.54) is 48.0 Å². The van der Waals surface area contributed by atoms with Gasteiger partial charge in [-0.2, -0.15) is 0 Å². The van der Waals surface area contributed by atoms with E-state index < -0.39 is 0 Å². The van der Waals surface area contributed by atoms with Crippen molar-refractivity contribution in [2.75, 3.05) is 31.7 Å². The topological polar surface area (TPSA) is 24.5 Å². The van der Waals surface area contributed by atoms with Crippen LogP contribution in [0.2, 0.25) is 0 Å². The number of methoxy groups -OCH3 is 1. The molecule has 0 aliphatic heterocycles. The van der Waals surface area contributed by atoms with E-state index in [1.54, 1.807) is 7.11 Å². The maximum atomic E-state index is 5.11. The third-order valence-corrected chi connectivity index (χ3v) is 4.79. The van der Waals surface area contributed by atoms with Crippen molar-refractivity contribution in [3.8, 4) is 0 Å². The zero-order valence-corrected chi connectivity index (χ0v) is 14.4. The van der Waals surface area contributed by atoms with E-state index in [1.807, 2.05) is 0 Å². The molecule has 3 rings (SSSR count). The third kappa shape index (κ3) is 4.44. The Balaban J connectivity index is 1.72. The second-order valence-corrected chi connectivity index (χ2v) is 7.19. The van der Waals surface area contributed by atoms with Crippen LogP contribution in [0.5, 0.6) is 0 Å². The summed E-state index contributed by atoms with van der Waals surface area (Å²) in [6, 6.07) is 7.48. The molecule has 0 radical (unpaired) electrons. The first-order chi connectivity index (χ1) is 10.3. The molecule has 2 aliphatic carbocycles. The molecule has 0 atom stereocenters. The summed E-state index contributed by atoms with van der Waals surface area (Å²) in [7, 11) is 1.75. The lowest BCUT2D eigenvalue weighted by molar-refractivity contribution is 0.199. The second-order valence-electron chi connectivity index (χ2n) is 6.27. The minimum atomic E-state index is 0.764. The molecule has 2 fully saturated rings. The molecule has 0 saturated heterocycles. The minimum Gasteiger partial charge on any atom is -0.383 e. The first-order valence-corrected chi connectivity index (χ1v) is 8.82. The Morgan fingerprint density at radius 2 is 2.10 bits per heavy atom. The molecule has 1 aromatic carbocycles. The first kappa shape index (κ1) is 15.3. The molecule has 4 heteroatoms. The average molecular weight is 353 g/mol. The van der Waals surface area contributed by atoms with Crippen LogP contribution in [-0.4, -0.2) is 32.8 Å². The van der Waals surface area contributed by atoms with E-state index in [0.717, 1.165) is 31.7 Å². The highest BCUT2D eigenvalue weighted by atomic mass is 79.9. The van der Waals surface area contributed by atoms with Gasteiger partial charge >= 0.3 is 0 Å². The van der Waals surface area contributed by atoms with Crippen LogP contribution in [0.1, 0.15) is 31.2 Å². The summed E-state index contributed by atoms with van der Waals surface area (Å²) in [6.07, 6.45) is 5.54. The van der Waals surface area contributed by atoms with Crippen LogP contribution in [0.4, 0.5) is 5.69 Å². The smallest absolute Gasteiger partial charge is 0.0587 e. The highest BCUT2D eigenvalue weighted by Crippen LogP contribution is 2.39. The van der Waals surface area contributed by atoms with Crippen molar-refractivity contribution in [1.29, 1.82) is 0 Å². The van der Waals surface area contributed by atoms with Crippen molar-refractivity contribution < 1.29 is 4.74 Å². The lowest BCUT2D eigenvalue weighted by atomic mass is 10.1. The summed E-state index contributed by atoms with van der Waals surface area (Å²) in [5.74, 6) is 0.930. The van der Waals surface area contributed by atoms with Gasteiger partial charge in [0.15, 0.2) is 0 Å². The fourth-order valence-corrected chi connectivity index (χ4v) is 3.11. The summed E-state index contributed by atoms with van der Waals surface area (Å²) < 4.78 is 6.29. The summed E-state index contributed by atoms with van der Waals surface area (Å²) in [5, 5.41) is 3.48. The van der Waals surface area contributed by atoms with Gasteiger partial charge in [-0.3, -0.25) is 0 Å². The van der Waals surface area contributed by atoms with Gasteiger partial charge in [-0.15, -0.1) is 0 Å². The van der Waals surface area contributed by atoms with Crippen molar-refractivity contribution >= 4 is 21.6 Å². The average Bonchev–Trinajstić information content (AvgIpc) is 3.36. The molecule has 0 spiro atoms. The lowest BCUT2D eigenvalue weighted by Crippen LogP contribution is -2.30. The third-order valence-electron chi connectivity index (χ3n) is 4.29. The number of benzene rings is 1. The zero-order chi connectivity index (χ0) is 14.7. The number of rotatable bonds is 9. The van der Waals surface area contributed by atoms with E-state index in [2.05, 4.69) is 44.3 Å². The number of hydrogen-bond donors (Lipinski definition) is 1. The van der Waals surface area contributed by atoms with Crippen LogP contribution in [0.3, 0.4) is 0 Å². The molecule has 3 nitrogen and oxygen atoms in total. The van der Waals surface area contributed by atoms with Crippen LogP contribution in [0.25, 0.3) is 0 Å². The van der Waals surface area contributed by atoms with Gasteiger partial charge in [0, 0.05) is 42.9 Å². The molecular weight excluding hydrogens is 328 g/mol. The largest absolute Gasteiger partial charge is 0.383 e. The van der Waals surface area contributed by atoms with Gasteiger partial charge in [0.05, 0.1) is 6.61 Å². The van der Waals surface area contributed by atoms with Gasteiger partial charge in [0.25, 0.3) is 0 Å². The molecule has 0 amide bonds. The molecule has 0 aromatic heterocycles. The predicted molar refractivity (Wildman–Crippen MR) is 90.8 cm³/mol. The molecular formula is C17H25BrN2O. The number of nitrogens with one attached hydrogen (secondary N) is 1. The molecule has 2 aliphatic rings. The predicted octanol–water partition coefficient (Wildman–Crippen LogP) is 3.56.